The first kappa shape index (κ1) is 10.2. The number of hydrogen-bond acceptors (Lipinski definition) is 2. The van der Waals surface area contributed by atoms with Gasteiger partial charge in [0.25, 0.3) is 0 Å². The minimum atomic E-state index is -0.260. The number of benzene rings is 1. The highest BCUT2D eigenvalue weighted by atomic mass is 16.3. The van der Waals surface area contributed by atoms with Gasteiger partial charge in [-0.25, -0.2) is 0 Å². The predicted molar refractivity (Wildman–Crippen MR) is 61.1 cm³/mol. The third-order valence-electron chi connectivity index (χ3n) is 2.92. The highest BCUT2D eigenvalue weighted by Crippen LogP contribution is 2.32. The van der Waals surface area contributed by atoms with E-state index in [0.29, 0.717) is 0 Å². The first-order valence-electron chi connectivity index (χ1n) is 5.14. The molecule has 0 aliphatic rings. The second kappa shape index (κ2) is 3.38. The van der Waals surface area contributed by atoms with Crippen LogP contribution in [0.5, 0.6) is 0 Å². The quantitative estimate of drug-likeness (QED) is 0.815. The van der Waals surface area contributed by atoms with Gasteiger partial charge >= 0.3 is 0 Å². The molecule has 1 heterocycles. The second-order valence-corrected chi connectivity index (χ2v) is 4.64. The maximum Gasteiger partial charge on any atom is 0.137 e. The average Bonchev–Trinajstić information content (AvgIpc) is 2.60. The molecule has 2 heteroatoms. The van der Waals surface area contributed by atoms with Crippen molar-refractivity contribution in [2.45, 2.75) is 26.2 Å². The summed E-state index contributed by atoms with van der Waals surface area (Å²) in [5.41, 5.74) is 2.84. The van der Waals surface area contributed by atoms with E-state index in [2.05, 4.69) is 0 Å². The molecule has 0 saturated heterocycles. The molecular formula is C13H16O2. The van der Waals surface area contributed by atoms with Gasteiger partial charge in [-0.1, -0.05) is 32.0 Å². The summed E-state index contributed by atoms with van der Waals surface area (Å²) in [6, 6.07) is 6.07. The van der Waals surface area contributed by atoms with Crippen LogP contribution in [0.4, 0.5) is 0 Å². The van der Waals surface area contributed by atoms with Crippen molar-refractivity contribution < 1.29 is 9.52 Å². The molecule has 80 valence electrons. The molecular weight excluding hydrogens is 188 g/mol. The standard InChI is InChI=1S/C13H16O2/c1-9-7-15-12-10(9)5-4-6-11(12)13(2,3)8-14/h4-7,14H,8H2,1-3H3. The molecule has 0 aliphatic carbocycles. The molecule has 2 nitrogen and oxygen atoms in total. The van der Waals surface area contributed by atoms with E-state index >= 15 is 0 Å². The number of rotatable bonds is 2. The predicted octanol–water partition coefficient (Wildman–Crippen LogP) is 3.01. The summed E-state index contributed by atoms with van der Waals surface area (Å²) in [4.78, 5) is 0. The van der Waals surface area contributed by atoms with E-state index in [1.165, 1.54) is 0 Å². The monoisotopic (exact) mass is 204 g/mol. The van der Waals surface area contributed by atoms with Crippen LogP contribution in [0.25, 0.3) is 11.0 Å². The summed E-state index contributed by atoms with van der Waals surface area (Å²) in [6.45, 7) is 6.17. The molecule has 0 unspecified atom stereocenters. The Morgan fingerprint density at radius 2 is 2.07 bits per heavy atom. The second-order valence-electron chi connectivity index (χ2n) is 4.64. The summed E-state index contributed by atoms with van der Waals surface area (Å²) < 4.78 is 5.56. The van der Waals surface area contributed by atoms with Crippen molar-refractivity contribution in [3.63, 3.8) is 0 Å². The zero-order valence-electron chi connectivity index (χ0n) is 9.37. The minimum Gasteiger partial charge on any atom is -0.464 e. The van der Waals surface area contributed by atoms with Crippen LogP contribution in [0.3, 0.4) is 0 Å². The Labute approximate surface area is 89.5 Å². The number of fused-ring (bicyclic) bond motifs is 1. The number of para-hydroxylation sites is 1. The van der Waals surface area contributed by atoms with E-state index < -0.39 is 0 Å². The van der Waals surface area contributed by atoms with Crippen LogP contribution >= 0.6 is 0 Å². The Morgan fingerprint density at radius 1 is 1.33 bits per heavy atom. The van der Waals surface area contributed by atoms with Crippen LogP contribution in [0, 0.1) is 6.92 Å². The van der Waals surface area contributed by atoms with Gasteiger partial charge in [-0.3, -0.25) is 0 Å². The van der Waals surface area contributed by atoms with E-state index in [1.807, 2.05) is 39.0 Å². The summed E-state index contributed by atoms with van der Waals surface area (Å²) in [6.07, 6.45) is 1.77. The van der Waals surface area contributed by atoms with Gasteiger partial charge in [0.05, 0.1) is 12.9 Å². The summed E-state index contributed by atoms with van der Waals surface area (Å²) >= 11 is 0. The first-order valence-corrected chi connectivity index (χ1v) is 5.14. The van der Waals surface area contributed by atoms with Crippen molar-refractivity contribution in [1.29, 1.82) is 0 Å². The molecule has 2 rings (SSSR count). The van der Waals surface area contributed by atoms with Crippen molar-refractivity contribution in [3.05, 3.63) is 35.6 Å². The van der Waals surface area contributed by atoms with Gasteiger partial charge < -0.3 is 9.52 Å². The van der Waals surface area contributed by atoms with Gasteiger partial charge in [0, 0.05) is 16.4 Å². The van der Waals surface area contributed by atoms with E-state index in [9.17, 15) is 5.11 Å². The molecule has 15 heavy (non-hydrogen) atoms. The SMILES string of the molecule is Cc1coc2c(C(C)(C)CO)cccc12. The Morgan fingerprint density at radius 3 is 2.73 bits per heavy atom. The Kier molecular flexibility index (Phi) is 2.31. The van der Waals surface area contributed by atoms with Gasteiger partial charge in [-0.2, -0.15) is 0 Å². The summed E-state index contributed by atoms with van der Waals surface area (Å²) in [5.74, 6) is 0. The molecule has 1 aromatic heterocycles. The van der Waals surface area contributed by atoms with E-state index in [0.717, 1.165) is 22.1 Å². The largest absolute Gasteiger partial charge is 0.464 e. The molecule has 0 spiro atoms. The lowest BCUT2D eigenvalue weighted by atomic mass is 9.84. The zero-order chi connectivity index (χ0) is 11.1. The van der Waals surface area contributed by atoms with Crippen molar-refractivity contribution >= 4 is 11.0 Å². The molecule has 0 radical (unpaired) electrons. The normalized spacial score (nSPS) is 12.3. The van der Waals surface area contributed by atoms with Gasteiger partial charge in [0.15, 0.2) is 0 Å². The molecule has 0 atom stereocenters. The fourth-order valence-electron chi connectivity index (χ4n) is 1.80. The molecule has 2 aromatic rings. The van der Waals surface area contributed by atoms with Crippen LogP contribution in [0.1, 0.15) is 25.0 Å². The van der Waals surface area contributed by atoms with Gasteiger partial charge in [-0.05, 0) is 12.5 Å². The Bertz CT molecular complexity index is 480. The lowest BCUT2D eigenvalue weighted by Crippen LogP contribution is -2.22. The molecule has 0 bridgehead atoms. The number of aliphatic hydroxyl groups is 1. The number of hydrogen-bond donors (Lipinski definition) is 1. The molecule has 0 saturated carbocycles. The molecule has 0 fully saturated rings. The highest BCUT2D eigenvalue weighted by molar-refractivity contribution is 5.84. The molecule has 1 aromatic carbocycles. The van der Waals surface area contributed by atoms with Crippen LogP contribution in [-0.4, -0.2) is 11.7 Å². The van der Waals surface area contributed by atoms with Crippen molar-refractivity contribution in [2.24, 2.45) is 0 Å². The van der Waals surface area contributed by atoms with Crippen LogP contribution in [0.15, 0.2) is 28.9 Å². The minimum absolute atomic E-state index is 0.117. The van der Waals surface area contributed by atoms with Crippen LogP contribution in [0.2, 0.25) is 0 Å². The third kappa shape index (κ3) is 1.55. The lowest BCUT2D eigenvalue weighted by Gasteiger charge is -2.22. The molecule has 0 aliphatic heterocycles. The fourth-order valence-corrected chi connectivity index (χ4v) is 1.80. The van der Waals surface area contributed by atoms with Crippen molar-refractivity contribution in [1.82, 2.24) is 0 Å². The maximum absolute atomic E-state index is 9.37. The summed E-state index contributed by atoms with van der Waals surface area (Å²) in [5, 5.41) is 10.5. The van der Waals surface area contributed by atoms with E-state index in [-0.39, 0.29) is 12.0 Å². The number of furan rings is 1. The molecule has 1 N–H and O–H groups in total. The lowest BCUT2D eigenvalue weighted by molar-refractivity contribution is 0.218. The number of aliphatic hydroxyl groups excluding tert-OH is 1. The number of aryl methyl sites for hydroxylation is 1. The van der Waals surface area contributed by atoms with E-state index in [1.54, 1.807) is 6.26 Å². The Balaban J connectivity index is 2.71. The first-order chi connectivity index (χ1) is 7.06. The molecule has 0 amide bonds. The summed E-state index contributed by atoms with van der Waals surface area (Å²) in [7, 11) is 0. The van der Waals surface area contributed by atoms with E-state index in [4.69, 9.17) is 4.42 Å². The van der Waals surface area contributed by atoms with Crippen molar-refractivity contribution in [2.75, 3.05) is 6.61 Å². The maximum atomic E-state index is 9.37. The topological polar surface area (TPSA) is 33.4 Å². The van der Waals surface area contributed by atoms with Gasteiger partial charge in [0.2, 0.25) is 0 Å². The van der Waals surface area contributed by atoms with Gasteiger partial charge in [-0.15, -0.1) is 0 Å². The van der Waals surface area contributed by atoms with Crippen molar-refractivity contribution in [3.8, 4) is 0 Å². The Hall–Kier alpha value is -1.28. The van der Waals surface area contributed by atoms with Crippen LogP contribution < -0.4 is 0 Å². The fraction of sp³-hybridized carbons (Fsp3) is 0.385. The van der Waals surface area contributed by atoms with Gasteiger partial charge in [0.1, 0.15) is 5.58 Å². The average molecular weight is 204 g/mol. The smallest absolute Gasteiger partial charge is 0.137 e. The zero-order valence-corrected chi connectivity index (χ0v) is 9.37. The van der Waals surface area contributed by atoms with Crippen LogP contribution in [-0.2, 0) is 5.41 Å². The highest BCUT2D eigenvalue weighted by Gasteiger charge is 2.23. The third-order valence-corrected chi connectivity index (χ3v) is 2.92.